The van der Waals surface area contributed by atoms with Crippen molar-refractivity contribution in [3.8, 4) is 0 Å². The third-order valence-electron chi connectivity index (χ3n) is 3.45. The van der Waals surface area contributed by atoms with E-state index in [-0.39, 0.29) is 11.4 Å². The molecule has 0 spiro atoms. The maximum atomic E-state index is 12.4. The van der Waals surface area contributed by atoms with Crippen LogP contribution in [0.3, 0.4) is 0 Å². The quantitative estimate of drug-likeness (QED) is 0.842. The van der Waals surface area contributed by atoms with Crippen molar-refractivity contribution in [3.05, 3.63) is 4.88 Å². The van der Waals surface area contributed by atoms with Crippen LogP contribution in [0, 0.1) is 0 Å². The number of nitrogens with two attached hydrogens (primary N) is 1. The van der Waals surface area contributed by atoms with E-state index in [0.29, 0.717) is 15.8 Å². The van der Waals surface area contributed by atoms with Crippen LogP contribution >= 0.6 is 11.3 Å². The number of hydrogen-bond acceptors (Lipinski definition) is 5. The van der Waals surface area contributed by atoms with Gasteiger partial charge in [-0.2, -0.15) is 0 Å². The molecule has 6 heteroatoms. The van der Waals surface area contributed by atoms with E-state index in [9.17, 15) is 4.79 Å². The zero-order valence-corrected chi connectivity index (χ0v) is 13.2. The molecule has 0 atom stereocenters. The number of nitrogens with zero attached hydrogens (tertiary/aromatic N) is 2. The molecule has 0 aliphatic carbocycles. The van der Waals surface area contributed by atoms with Crippen LogP contribution in [0.1, 0.15) is 50.2 Å². The van der Waals surface area contributed by atoms with Crippen molar-refractivity contribution in [1.29, 1.82) is 0 Å². The van der Waals surface area contributed by atoms with Crippen LogP contribution in [0.15, 0.2) is 0 Å². The fraction of sp³-hybridized carbons (Fsp3) is 0.692. The van der Waals surface area contributed by atoms with Gasteiger partial charge in [-0.05, 0) is 26.7 Å². The van der Waals surface area contributed by atoms with Crippen LogP contribution in [0.4, 0.5) is 10.9 Å². The lowest BCUT2D eigenvalue weighted by Gasteiger charge is -2.34. The Labute approximate surface area is 119 Å². The van der Waals surface area contributed by atoms with Gasteiger partial charge in [0.1, 0.15) is 10.7 Å². The Hall–Kier alpha value is -1.30. The molecule has 5 nitrogen and oxygen atoms in total. The summed E-state index contributed by atoms with van der Waals surface area (Å²) >= 11 is 1.32. The molecule has 0 aliphatic rings. The highest BCUT2D eigenvalue weighted by atomic mass is 32.1. The summed E-state index contributed by atoms with van der Waals surface area (Å²) in [5.74, 6) is 0.249. The maximum absolute atomic E-state index is 12.4. The molecular formula is C13H24N4OS. The Balaban J connectivity index is 2.91. The molecule has 0 saturated carbocycles. The first-order chi connectivity index (χ1) is 8.83. The van der Waals surface area contributed by atoms with Crippen molar-refractivity contribution in [3.63, 3.8) is 0 Å². The molecule has 3 N–H and O–H groups in total. The van der Waals surface area contributed by atoms with Gasteiger partial charge in [0.2, 0.25) is 0 Å². The van der Waals surface area contributed by atoms with Crippen LogP contribution in [-0.2, 0) is 0 Å². The second-order valence-corrected chi connectivity index (χ2v) is 6.19. The summed E-state index contributed by atoms with van der Waals surface area (Å²) in [5.41, 5.74) is 5.66. The zero-order chi connectivity index (χ0) is 14.6. The normalized spacial score (nSPS) is 11.4. The van der Waals surface area contributed by atoms with E-state index in [2.05, 4.69) is 24.1 Å². The van der Waals surface area contributed by atoms with Crippen molar-refractivity contribution in [2.75, 3.05) is 24.6 Å². The molecule has 1 rings (SSSR count). The van der Waals surface area contributed by atoms with Crippen LogP contribution < -0.4 is 11.1 Å². The molecule has 0 saturated heterocycles. The molecule has 1 amide bonds. The summed E-state index contributed by atoms with van der Waals surface area (Å²) in [4.78, 5) is 18.9. The van der Waals surface area contributed by atoms with Gasteiger partial charge in [-0.15, -0.1) is 0 Å². The van der Waals surface area contributed by atoms with Crippen LogP contribution in [-0.4, -0.2) is 34.9 Å². The van der Waals surface area contributed by atoms with Gasteiger partial charge in [0, 0.05) is 19.1 Å². The molecule has 0 bridgehead atoms. The first-order valence-electron chi connectivity index (χ1n) is 6.61. The van der Waals surface area contributed by atoms with E-state index in [1.165, 1.54) is 11.3 Å². The molecule has 0 unspecified atom stereocenters. The number of nitrogen functional groups attached to an aromatic ring is 1. The summed E-state index contributed by atoms with van der Waals surface area (Å²) in [6.45, 7) is 9.05. The monoisotopic (exact) mass is 284 g/mol. The number of nitrogens with one attached hydrogen (secondary N) is 1. The van der Waals surface area contributed by atoms with Crippen molar-refractivity contribution in [2.45, 2.75) is 46.1 Å². The third-order valence-corrected chi connectivity index (χ3v) is 4.47. The number of amides is 1. The van der Waals surface area contributed by atoms with Gasteiger partial charge in [-0.3, -0.25) is 4.79 Å². The number of hydrogen-bond donors (Lipinski definition) is 2. The number of anilines is 2. The number of carbonyl (C=O) groups excluding carboxylic acids is 1. The lowest BCUT2D eigenvalue weighted by atomic mass is 10.00. The highest BCUT2D eigenvalue weighted by Gasteiger charge is 2.29. The largest absolute Gasteiger partial charge is 0.382 e. The average Bonchev–Trinajstić information content (AvgIpc) is 2.75. The standard InChI is InChI=1S/C13H24N4OS/c1-6-8-15-12-16-10(14)9(19-12)11(18)17(5)13(3,4)7-2/h6-8,14H2,1-5H3,(H,15,16). The fourth-order valence-corrected chi connectivity index (χ4v) is 2.34. The first kappa shape index (κ1) is 15.8. The number of carbonyl (C=O) groups is 1. The van der Waals surface area contributed by atoms with Gasteiger partial charge >= 0.3 is 0 Å². The summed E-state index contributed by atoms with van der Waals surface area (Å²) in [6.07, 6.45) is 1.89. The number of aromatic nitrogens is 1. The summed E-state index contributed by atoms with van der Waals surface area (Å²) < 4.78 is 0. The lowest BCUT2D eigenvalue weighted by molar-refractivity contribution is 0.0626. The van der Waals surface area contributed by atoms with E-state index < -0.39 is 0 Å². The van der Waals surface area contributed by atoms with E-state index in [1.54, 1.807) is 4.90 Å². The maximum Gasteiger partial charge on any atom is 0.268 e. The van der Waals surface area contributed by atoms with E-state index >= 15 is 0 Å². The molecule has 0 radical (unpaired) electrons. The zero-order valence-electron chi connectivity index (χ0n) is 12.4. The molecule has 0 fully saturated rings. The highest BCUT2D eigenvalue weighted by molar-refractivity contribution is 7.18. The SMILES string of the molecule is CCCNc1nc(N)c(C(=O)N(C)C(C)(C)CC)s1. The predicted molar refractivity (Wildman–Crippen MR) is 81.8 cm³/mol. The Morgan fingerprint density at radius 2 is 2.11 bits per heavy atom. The third kappa shape index (κ3) is 3.59. The summed E-state index contributed by atoms with van der Waals surface area (Å²) in [5, 5.41) is 3.87. The number of thiazole rings is 1. The van der Waals surface area contributed by atoms with Crippen molar-refractivity contribution >= 4 is 28.2 Å². The molecule has 19 heavy (non-hydrogen) atoms. The summed E-state index contributed by atoms with van der Waals surface area (Å²) in [6, 6.07) is 0. The fourth-order valence-electron chi connectivity index (χ4n) is 1.46. The van der Waals surface area contributed by atoms with Crippen LogP contribution in [0.2, 0.25) is 0 Å². The minimum Gasteiger partial charge on any atom is -0.382 e. The topological polar surface area (TPSA) is 71.2 Å². The van der Waals surface area contributed by atoms with Gasteiger partial charge < -0.3 is 16.0 Å². The smallest absolute Gasteiger partial charge is 0.268 e. The highest BCUT2D eigenvalue weighted by Crippen LogP contribution is 2.28. The second-order valence-electron chi connectivity index (χ2n) is 5.19. The Bertz CT molecular complexity index is 442. The average molecular weight is 284 g/mol. The van der Waals surface area contributed by atoms with Crippen molar-refractivity contribution in [2.24, 2.45) is 0 Å². The van der Waals surface area contributed by atoms with Crippen molar-refractivity contribution < 1.29 is 4.79 Å². The first-order valence-corrected chi connectivity index (χ1v) is 7.43. The number of rotatable bonds is 6. The molecule has 108 valence electrons. The van der Waals surface area contributed by atoms with Gasteiger partial charge in [0.05, 0.1) is 0 Å². The van der Waals surface area contributed by atoms with Crippen molar-refractivity contribution in [1.82, 2.24) is 9.88 Å². The molecule has 0 aromatic carbocycles. The van der Waals surface area contributed by atoms with Gasteiger partial charge in [-0.1, -0.05) is 25.2 Å². The van der Waals surface area contributed by atoms with Gasteiger partial charge in [0.15, 0.2) is 5.13 Å². The van der Waals surface area contributed by atoms with E-state index in [0.717, 1.165) is 19.4 Å². The van der Waals surface area contributed by atoms with Crippen LogP contribution in [0.25, 0.3) is 0 Å². The van der Waals surface area contributed by atoms with Crippen LogP contribution in [0.5, 0.6) is 0 Å². The van der Waals surface area contributed by atoms with E-state index in [4.69, 9.17) is 5.73 Å². The van der Waals surface area contributed by atoms with Gasteiger partial charge in [-0.25, -0.2) is 4.98 Å². The molecule has 1 aromatic heterocycles. The molecule has 1 aromatic rings. The summed E-state index contributed by atoms with van der Waals surface area (Å²) in [7, 11) is 1.81. The Kier molecular flexibility index (Phi) is 5.17. The molecule has 0 aliphatic heterocycles. The van der Waals surface area contributed by atoms with Gasteiger partial charge in [0.25, 0.3) is 5.91 Å². The predicted octanol–water partition coefficient (Wildman–Crippen LogP) is 2.81. The van der Waals surface area contributed by atoms with E-state index in [1.807, 2.05) is 20.9 Å². The minimum absolute atomic E-state index is 0.0635. The Morgan fingerprint density at radius 3 is 2.63 bits per heavy atom. The minimum atomic E-state index is -0.190. The molecule has 1 heterocycles. The molecular weight excluding hydrogens is 260 g/mol. The lowest BCUT2D eigenvalue weighted by Crippen LogP contribution is -2.44. The Morgan fingerprint density at radius 1 is 1.47 bits per heavy atom. The second kappa shape index (κ2) is 6.23.